The van der Waals surface area contributed by atoms with Crippen molar-refractivity contribution in [1.29, 1.82) is 0 Å². The summed E-state index contributed by atoms with van der Waals surface area (Å²) >= 11 is 5.91. The van der Waals surface area contributed by atoms with Crippen LogP contribution in [0, 0.1) is 5.82 Å². The Balaban J connectivity index is 1.43. The Morgan fingerprint density at radius 1 is 1.09 bits per heavy atom. The lowest BCUT2D eigenvalue weighted by atomic mass is 10.0. The molecule has 3 unspecified atom stereocenters. The number of piperidine rings is 1. The highest BCUT2D eigenvalue weighted by molar-refractivity contribution is 6.30. The van der Waals surface area contributed by atoms with Crippen LogP contribution >= 0.6 is 11.6 Å². The second kappa shape index (κ2) is 7.66. The molecule has 4 amide bonds. The van der Waals surface area contributed by atoms with Crippen molar-refractivity contribution in [3.05, 3.63) is 69.0 Å². The molecule has 1 N–H and O–H groups in total. The Morgan fingerprint density at radius 2 is 1.85 bits per heavy atom. The van der Waals surface area contributed by atoms with Crippen LogP contribution in [0.25, 0.3) is 0 Å². The predicted molar refractivity (Wildman–Crippen MR) is 117 cm³/mol. The second-order valence-corrected chi connectivity index (χ2v) is 9.10. The van der Waals surface area contributed by atoms with E-state index in [9.17, 15) is 23.6 Å². The number of imide groups is 1. The molecule has 1 saturated heterocycles. The van der Waals surface area contributed by atoms with Gasteiger partial charge in [0.1, 0.15) is 11.9 Å². The molecule has 2 aromatic rings. The molecule has 5 rings (SSSR count). The van der Waals surface area contributed by atoms with E-state index in [1.165, 1.54) is 11.0 Å². The molecule has 3 atom stereocenters. The predicted octanol–water partition coefficient (Wildman–Crippen LogP) is 3.52. The maximum Gasteiger partial charge on any atom is 0.255 e. The zero-order chi connectivity index (χ0) is 23.6. The molecule has 170 valence electrons. The molecule has 33 heavy (non-hydrogen) atoms. The fourth-order valence-corrected chi connectivity index (χ4v) is 5.29. The van der Waals surface area contributed by atoms with Crippen LogP contribution in [0.15, 0.2) is 30.3 Å². The van der Waals surface area contributed by atoms with Crippen LogP contribution in [0.5, 0.6) is 0 Å². The van der Waals surface area contributed by atoms with Crippen LogP contribution in [0.1, 0.15) is 76.2 Å². The molecule has 0 bridgehead atoms. The third kappa shape index (κ3) is 3.23. The van der Waals surface area contributed by atoms with Gasteiger partial charge in [-0.3, -0.25) is 24.5 Å². The summed E-state index contributed by atoms with van der Waals surface area (Å²) in [7, 11) is 0. The molecular weight excluding hydrogens is 449 g/mol. The van der Waals surface area contributed by atoms with Gasteiger partial charge in [-0.25, -0.2) is 4.39 Å². The number of benzene rings is 2. The number of rotatable bonds is 2. The number of halogens is 2. The third-order valence-corrected chi connectivity index (χ3v) is 7.21. The molecule has 7 nitrogen and oxygen atoms in total. The van der Waals surface area contributed by atoms with Gasteiger partial charge >= 0.3 is 0 Å². The first kappa shape index (κ1) is 21.6. The van der Waals surface area contributed by atoms with Gasteiger partial charge in [-0.15, -0.1) is 0 Å². The highest BCUT2D eigenvalue weighted by Gasteiger charge is 2.43. The van der Waals surface area contributed by atoms with Crippen LogP contribution in [0.4, 0.5) is 4.39 Å². The Bertz CT molecular complexity index is 1250. The van der Waals surface area contributed by atoms with Crippen molar-refractivity contribution >= 4 is 35.2 Å². The van der Waals surface area contributed by atoms with Gasteiger partial charge in [0.25, 0.3) is 11.8 Å². The standard InChI is InChI=1S/C24H21ClFN3O4/c1-11-14-5-6-18(25)21(26)17(14)10-28(11)23(32)13-3-4-15-16(9-13)12(2)29(24(15)33)19-7-8-20(30)27-22(19)31/h3-6,9,11-12,19H,7-8,10H2,1-2H3,(H,27,30,31). The fraction of sp³-hybridized carbons (Fsp3) is 0.333. The largest absolute Gasteiger partial charge is 0.327 e. The van der Waals surface area contributed by atoms with Gasteiger partial charge in [0, 0.05) is 29.7 Å². The maximum absolute atomic E-state index is 14.5. The van der Waals surface area contributed by atoms with Crippen LogP contribution in [-0.4, -0.2) is 39.5 Å². The number of carbonyl (C=O) groups excluding carboxylic acids is 4. The number of fused-ring (bicyclic) bond motifs is 2. The number of amides is 4. The SMILES string of the molecule is CC1c2ccc(Cl)c(F)c2CN1C(=O)c1ccc2c(c1)C(C)N(C1CCC(=O)NC1=O)C2=O. The Morgan fingerprint density at radius 3 is 2.58 bits per heavy atom. The maximum atomic E-state index is 14.5. The van der Waals surface area contributed by atoms with Gasteiger partial charge in [-0.1, -0.05) is 17.7 Å². The fourth-order valence-electron chi connectivity index (χ4n) is 5.11. The molecule has 0 aromatic heterocycles. The highest BCUT2D eigenvalue weighted by atomic mass is 35.5. The summed E-state index contributed by atoms with van der Waals surface area (Å²) in [6.45, 7) is 3.74. The van der Waals surface area contributed by atoms with Gasteiger partial charge in [0.05, 0.1) is 17.1 Å². The number of hydrogen-bond donors (Lipinski definition) is 1. The molecule has 0 spiro atoms. The minimum atomic E-state index is -0.738. The van der Waals surface area contributed by atoms with Crippen molar-refractivity contribution in [3.63, 3.8) is 0 Å². The number of nitrogens with one attached hydrogen (secondary N) is 1. The van der Waals surface area contributed by atoms with Crippen LogP contribution in [0.3, 0.4) is 0 Å². The van der Waals surface area contributed by atoms with E-state index in [1.54, 1.807) is 36.1 Å². The molecule has 3 aliphatic heterocycles. The first-order valence-electron chi connectivity index (χ1n) is 10.8. The monoisotopic (exact) mass is 469 g/mol. The van der Waals surface area contributed by atoms with Crippen molar-refractivity contribution in [2.45, 2.75) is 51.4 Å². The van der Waals surface area contributed by atoms with Gasteiger partial charge in [0.15, 0.2) is 0 Å². The van der Waals surface area contributed by atoms with E-state index in [4.69, 9.17) is 11.6 Å². The lowest BCUT2D eigenvalue weighted by molar-refractivity contribution is -0.137. The van der Waals surface area contributed by atoms with Crippen molar-refractivity contribution in [2.24, 2.45) is 0 Å². The summed E-state index contributed by atoms with van der Waals surface area (Å²) in [5, 5.41) is 2.31. The molecule has 9 heteroatoms. The zero-order valence-corrected chi connectivity index (χ0v) is 18.8. The smallest absolute Gasteiger partial charge is 0.255 e. The first-order chi connectivity index (χ1) is 15.7. The average Bonchev–Trinajstić information content (AvgIpc) is 3.25. The molecule has 0 saturated carbocycles. The number of hydrogen-bond acceptors (Lipinski definition) is 4. The minimum absolute atomic E-state index is 0.0219. The van der Waals surface area contributed by atoms with E-state index in [0.717, 1.165) is 5.56 Å². The topological polar surface area (TPSA) is 86.8 Å². The van der Waals surface area contributed by atoms with Crippen LogP contribution in [-0.2, 0) is 16.1 Å². The molecule has 1 fully saturated rings. The van der Waals surface area contributed by atoms with Crippen molar-refractivity contribution in [1.82, 2.24) is 15.1 Å². The molecule has 0 aliphatic carbocycles. The Labute approximate surface area is 194 Å². The summed E-state index contributed by atoms with van der Waals surface area (Å²) < 4.78 is 14.5. The minimum Gasteiger partial charge on any atom is -0.327 e. The second-order valence-electron chi connectivity index (χ2n) is 8.70. The normalized spacial score (nSPS) is 24.1. The molecule has 3 aliphatic rings. The lowest BCUT2D eigenvalue weighted by Gasteiger charge is -2.32. The van der Waals surface area contributed by atoms with Crippen molar-refractivity contribution in [2.75, 3.05) is 0 Å². The van der Waals surface area contributed by atoms with Gasteiger partial charge in [-0.05, 0) is 55.7 Å². The summed E-state index contributed by atoms with van der Waals surface area (Å²) in [5.74, 6) is -1.93. The van der Waals surface area contributed by atoms with Crippen molar-refractivity contribution in [3.8, 4) is 0 Å². The van der Waals surface area contributed by atoms with E-state index < -0.39 is 23.8 Å². The summed E-state index contributed by atoms with van der Waals surface area (Å²) in [5.41, 5.74) is 2.59. The van der Waals surface area contributed by atoms with Gasteiger partial charge < -0.3 is 9.80 Å². The summed E-state index contributed by atoms with van der Waals surface area (Å²) in [6.07, 6.45) is 0.430. The highest BCUT2D eigenvalue weighted by Crippen LogP contribution is 2.40. The molecular formula is C24H21ClFN3O4. The Hall–Kier alpha value is -3.26. The molecule has 0 radical (unpaired) electrons. The number of carbonyl (C=O) groups is 4. The van der Waals surface area contributed by atoms with Crippen LogP contribution in [0.2, 0.25) is 5.02 Å². The van der Waals surface area contributed by atoms with E-state index in [-0.39, 0.29) is 48.2 Å². The number of nitrogens with zero attached hydrogens (tertiary/aromatic N) is 2. The average molecular weight is 470 g/mol. The van der Waals surface area contributed by atoms with Gasteiger partial charge in [-0.2, -0.15) is 0 Å². The Kier molecular flexibility index (Phi) is 5.01. The lowest BCUT2D eigenvalue weighted by Crippen LogP contribution is -2.53. The molecule has 2 aromatic carbocycles. The first-order valence-corrected chi connectivity index (χ1v) is 11.1. The van der Waals surface area contributed by atoms with E-state index >= 15 is 0 Å². The van der Waals surface area contributed by atoms with E-state index in [0.29, 0.717) is 22.3 Å². The van der Waals surface area contributed by atoms with E-state index in [1.807, 2.05) is 6.92 Å². The third-order valence-electron chi connectivity index (χ3n) is 6.92. The quantitative estimate of drug-likeness (QED) is 0.682. The van der Waals surface area contributed by atoms with Gasteiger partial charge in [0.2, 0.25) is 11.8 Å². The van der Waals surface area contributed by atoms with E-state index in [2.05, 4.69) is 5.32 Å². The molecule has 3 heterocycles. The van der Waals surface area contributed by atoms with Crippen molar-refractivity contribution < 1.29 is 23.6 Å². The van der Waals surface area contributed by atoms with Crippen LogP contribution < -0.4 is 5.32 Å². The zero-order valence-electron chi connectivity index (χ0n) is 18.0. The summed E-state index contributed by atoms with van der Waals surface area (Å²) in [6, 6.07) is 6.58. The summed E-state index contributed by atoms with van der Waals surface area (Å²) in [4.78, 5) is 53.3.